The first-order valence-electron chi connectivity index (χ1n) is 5.54. The first-order valence-corrected chi connectivity index (χ1v) is 5.92. The van der Waals surface area contributed by atoms with Crippen LogP contribution in [-0.2, 0) is 0 Å². The lowest BCUT2D eigenvalue weighted by Gasteiger charge is -2.22. The van der Waals surface area contributed by atoms with E-state index in [2.05, 4.69) is 0 Å². The van der Waals surface area contributed by atoms with Gasteiger partial charge >= 0.3 is 0 Å². The fourth-order valence-corrected chi connectivity index (χ4v) is 2.08. The number of benzene rings is 2. The lowest BCUT2D eigenvalue weighted by molar-refractivity contribution is 0.628. The predicted octanol–water partition coefficient (Wildman–Crippen LogP) is 4.14. The number of nitrogens with zero attached hydrogens (tertiary/aromatic N) is 1. The predicted molar refractivity (Wildman–Crippen MR) is 75.1 cm³/mol. The molecule has 0 amide bonds. The van der Waals surface area contributed by atoms with Crippen LogP contribution >= 0.6 is 11.6 Å². The SMILES string of the molecule is Cc1cc(N)c(Cl)c(N(C)c2cccc(F)c2)c1. The van der Waals surface area contributed by atoms with Crippen molar-refractivity contribution in [1.82, 2.24) is 0 Å². The lowest BCUT2D eigenvalue weighted by atomic mass is 10.1. The van der Waals surface area contributed by atoms with Gasteiger partial charge in [0.2, 0.25) is 0 Å². The van der Waals surface area contributed by atoms with Crippen molar-refractivity contribution in [3.05, 3.63) is 52.8 Å². The molecule has 0 unspecified atom stereocenters. The number of aryl methyl sites for hydroxylation is 1. The summed E-state index contributed by atoms with van der Waals surface area (Å²) in [5.41, 5.74) is 8.85. The number of nitrogen functional groups attached to an aromatic ring is 1. The van der Waals surface area contributed by atoms with Crippen LogP contribution in [0.3, 0.4) is 0 Å². The number of hydrogen-bond donors (Lipinski definition) is 1. The highest BCUT2D eigenvalue weighted by Crippen LogP contribution is 2.35. The Kier molecular flexibility index (Phi) is 3.43. The highest BCUT2D eigenvalue weighted by molar-refractivity contribution is 6.36. The van der Waals surface area contributed by atoms with Gasteiger partial charge in [0.05, 0.1) is 16.4 Å². The van der Waals surface area contributed by atoms with E-state index in [9.17, 15) is 4.39 Å². The molecule has 2 aromatic rings. The number of halogens is 2. The van der Waals surface area contributed by atoms with E-state index >= 15 is 0 Å². The maximum Gasteiger partial charge on any atom is 0.125 e. The molecule has 2 N–H and O–H groups in total. The molecule has 18 heavy (non-hydrogen) atoms. The third-order valence-electron chi connectivity index (χ3n) is 2.78. The molecule has 0 aliphatic rings. The van der Waals surface area contributed by atoms with Crippen molar-refractivity contribution in [3.8, 4) is 0 Å². The molecule has 0 bridgehead atoms. The molecule has 0 aliphatic heterocycles. The fourth-order valence-electron chi connectivity index (χ4n) is 1.85. The summed E-state index contributed by atoms with van der Waals surface area (Å²) in [5, 5.41) is 0.479. The van der Waals surface area contributed by atoms with Gasteiger partial charge in [0, 0.05) is 12.7 Å². The molecule has 0 radical (unpaired) electrons. The van der Waals surface area contributed by atoms with Gasteiger partial charge in [0.1, 0.15) is 5.82 Å². The Labute approximate surface area is 111 Å². The molecule has 2 rings (SSSR count). The Balaban J connectivity index is 2.49. The Bertz CT molecular complexity index is 584. The van der Waals surface area contributed by atoms with Gasteiger partial charge in [-0.1, -0.05) is 17.7 Å². The second-order valence-electron chi connectivity index (χ2n) is 4.23. The number of rotatable bonds is 2. The molecule has 4 heteroatoms. The zero-order chi connectivity index (χ0) is 13.3. The van der Waals surface area contributed by atoms with E-state index in [0.717, 1.165) is 16.9 Å². The summed E-state index contributed by atoms with van der Waals surface area (Å²) < 4.78 is 13.2. The maximum absolute atomic E-state index is 13.2. The van der Waals surface area contributed by atoms with E-state index < -0.39 is 0 Å². The Morgan fingerprint density at radius 3 is 2.61 bits per heavy atom. The minimum atomic E-state index is -0.281. The van der Waals surface area contributed by atoms with E-state index in [1.165, 1.54) is 12.1 Å². The lowest BCUT2D eigenvalue weighted by Crippen LogP contribution is -2.11. The summed E-state index contributed by atoms with van der Waals surface area (Å²) in [4.78, 5) is 1.81. The van der Waals surface area contributed by atoms with Crippen LogP contribution in [0, 0.1) is 12.7 Å². The second-order valence-corrected chi connectivity index (χ2v) is 4.60. The largest absolute Gasteiger partial charge is 0.397 e. The molecule has 0 heterocycles. The van der Waals surface area contributed by atoms with Crippen molar-refractivity contribution in [2.75, 3.05) is 17.7 Å². The van der Waals surface area contributed by atoms with Crippen LogP contribution in [0.15, 0.2) is 36.4 Å². The summed E-state index contributed by atoms with van der Waals surface area (Å²) in [6.45, 7) is 1.94. The number of nitrogens with two attached hydrogens (primary N) is 1. The molecule has 0 spiro atoms. The molecular weight excluding hydrogens is 251 g/mol. The minimum absolute atomic E-state index is 0.281. The normalized spacial score (nSPS) is 10.4. The van der Waals surface area contributed by atoms with Crippen LogP contribution in [0.1, 0.15) is 5.56 Å². The molecule has 0 aliphatic carbocycles. The van der Waals surface area contributed by atoms with Crippen molar-refractivity contribution in [3.63, 3.8) is 0 Å². The molecule has 0 saturated carbocycles. The molecule has 0 atom stereocenters. The van der Waals surface area contributed by atoms with Gasteiger partial charge in [0.15, 0.2) is 0 Å². The smallest absolute Gasteiger partial charge is 0.125 e. The van der Waals surface area contributed by atoms with Gasteiger partial charge in [-0.25, -0.2) is 4.39 Å². The summed E-state index contributed by atoms with van der Waals surface area (Å²) >= 11 is 6.19. The average molecular weight is 265 g/mol. The van der Waals surface area contributed by atoms with E-state index in [0.29, 0.717) is 10.7 Å². The summed E-state index contributed by atoms with van der Waals surface area (Å²) in [6, 6.07) is 10.1. The first kappa shape index (κ1) is 12.7. The van der Waals surface area contributed by atoms with Crippen molar-refractivity contribution >= 4 is 28.7 Å². The van der Waals surface area contributed by atoms with Crippen molar-refractivity contribution in [2.24, 2.45) is 0 Å². The summed E-state index contributed by atoms with van der Waals surface area (Å²) in [6.07, 6.45) is 0. The van der Waals surface area contributed by atoms with Gasteiger partial charge < -0.3 is 10.6 Å². The van der Waals surface area contributed by atoms with Gasteiger partial charge in [-0.3, -0.25) is 0 Å². The second kappa shape index (κ2) is 4.86. The zero-order valence-corrected chi connectivity index (χ0v) is 11.0. The first-order chi connectivity index (χ1) is 8.49. The highest BCUT2D eigenvalue weighted by Gasteiger charge is 2.11. The topological polar surface area (TPSA) is 29.3 Å². The van der Waals surface area contributed by atoms with E-state index in [1.54, 1.807) is 6.07 Å². The third kappa shape index (κ3) is 2.41. The Morgan fingerprint density at radius 2 is 1.94 bits per heavy atom. The molecule has 0 aromatic heterocycles. The van der Waals surface area contributed by atoms with Gasteiger partial charge in [-0.2, -0.15) is 0 Å². The third-order valence-corrected chi connectivity index (χ3v) is 3.19. The zero-order valence-electron chi connectivity index (χ0n) is 10.2. The van der Waals surface area contributed by atoms with Crippen LogP contribution in [0.5, 0.6) is 0 Å². The van der Waals surface area contributed by atoms with Gasteiger partial charge in [0.25, 0.3) is 0 Å². The fraction of sp³-hybridized carbons (Fsp3) is 0.143. The van der Waals surface area contributed by atoms with Crippen molar-refractivity contribution in [1.29, 1.82) is 0 Å². The van der Waals surface area contributed by atoms with Crippen LogP contribution in [0.25, 0.3) is 0 Å². The van der Waals surface area contributed by atoms with Crippen molar-refractivity contribution < 1.29 is 4.39 Å². The van der Waals surface area contributed by atoms with Crippen LogP contribution in [0.4, 0.5) is 21.5 Å². The molecular formula is C14H14ClFN2. The molecule has 94 valence electrons. The number of hydrogen-bond acceptors (Lipinski definition) is 2. The minimum Gasteiger partial charge on any atom is -0.397 e. The van der Waals surface area contributed by atoms with Crippen molar-refractivity contribution in [2.45, 2.75) is 6.92 Å². The monoisotopic (exact) mass is 264 g/mol. The summed E-state index contributed by atoms with van der Waals surface area (Å²) in [7, 11) is 1.83. The molecule has 0 saturated heterocycles. The number of anilines is 3. The van der Waals surface area contributed by atoms with Crippen LogP contribution < -0.4 is 10.6 Å². The van der Waals surface area contributed by atoms with E-state index in [4.69, 9.17) is 17.3 Å². The Morgan fingerprint density at radius 1 is 1.22 bits per heavy atom. The molecule has 0 fully saturated rings. The van der Waals surface area contributed by atoms with Gasteiger partial charge in [-0.15, -0.1) is 0 Å². The van der Waals surface area contributed by atoms with E-state index in [1.807, 2.05) is 37.1 Å². The highest BCUT2D eigenvalue weighted by atomic mass is 35.5. The molecule has 2 aromatic carbocycles. The van der Waals surface area contributed by atoms with Crippen LogP contribution in [-0.4, -0.2) is 7.05 Å². The molecule has 2 nitrogen and oxygen atoms in total. The summed E-state index contributed by atoms with van der Waals surface area (Å²) in [5.74, 6) is -0.281. The van der Waals surface area contributed by atoms with Gasteiger partial charge in [-0.05, 0) is 42.8 Å². The Hall–Kier alpha value is -1.74. The average Bonchev–Trinajstić information content (AvgIpc) is 2.33. The maximum atomic E-state index is 13.2. The van der Waals surface area contributed by atoms with E-state index in [-0.39, 0.29) is 5.82 Å². The van der Waals surface area contributed by atoms with Crippen LogP contribution in [0.2, 0.25) is 5.02 Å². The quantitative estimate of drug-likeness (QED) is 0.826. The standard InChI is InChI=1S/C14H14ClFN2/c1-9-6-12(17)14(15)13(7-9)18(2)11-5-3-4-10(16)8-11/h3-8H,17H2,1-2H3.